The molecule has 1 aromatic heterocycles. The van der Waals surface area contributed by atoms with Crippen molar-refractivity contribution in [3.8, 4) is 0 Å². The van der Waals surface area contributed by atoms with Gasteiger partial charge in [0.15, 0.2) is 0 Å². The lowest BCUT2D eigenvalue weighted by molar-refractivity contribution is 0.260. The quantitative estimate of drug-likeness (QED) is 0.789. The zero-order chi connectivity index (χ0) is 9.97. The number of rotatable bonds is 4. The van der Waals surface area contributed by atoms with Gasteiger partial charge in [-0.15, -0.1) is 0 Å². The molecule has 3 heteroatoms. The maximum atomic E-state index is 6.12. The first-order valence-electron chi connectivity index (χ1n) is 5.56. The Labute approximate surface area is 85.3 Å². The highest BCUT2D eigenvalue weighted by atomic mass is 15.3. The molecule has 2 rings (SSSR count). The van der Waals surface area contributed by atoms with E-state index in [0.717, 1.165) is 18.9 Å². The van der Waals surface area contributed by atoms with Crippen molar-refractivity contribution < 1.29 is 0 Å². The van der Waals surface area contributed by atoms with E-state index in [-0.39, 0.29) is 0 Å². The topological polar surface area (TPSA) is 43.8 Å². The Morgan fingerprint density at radius 3 is 2.93 bits per heavy atom. The zero-order valence-corrected chi connectivity index (χ0v) is 8.82. The zero-order valence-electron chi connectivity index (χ0n) is 8.82. The van der Waals surface area contributed by atoms with E-state index in [9.17, 15) is 0 Å². The standard InChI is InChI=1S/C11H19N3/c1-2-14-8-9(7-13-14)6-11(12)10-4-3-5-10/h7-8,10-11H,2-6,12H2,1H3. The maximum Gasteiger partial charge on any atom is 0.0522 e. The Balaban J connectivity index is 1.89. The van der Waals surface area contributed by atoms with Gasteiger partial charge in [0.2, 0.25) is 0 Å². The average Bonchev–Trinajstić information content (AvgIpc) is 2.48. The molecule has 1 saturated carbocycles. The molecule has 1 aliphatic carbocycles. The van der Waals surface area contributed by atoms with Crippen molar-refractivity contribution in [2.45, 2.75) is 45.2 Å². The molecule has 0 spiro atoms. The van der Waals surface area contributed by atoms with E-state index in [1.807, 2.05) is 10.9 Å². The van der Waals surface area contributed by atoms with Crippen molar-refractivity contribution >= 4 is 0 Å². The van der Waals surface area contributed by atoms with Gasteiger partial charge in [0.25, 0.3) is 0 Å². The summed E-state index contributed by atoms with van der Waals surface area (Å²) in [6.07, 6.45) is 9.06. The molecule has 0 bridgehead atoms. The minimum Gasteiger partial charge on any atom is -0.327 e. The molecule has 1 fully saturated rings. The Kier molecular flexibility index (Phi) is 2.87. The third-order valence-corrected chi connectivity index (χ3v) is 3.24. The normalized spacial score (nSPS) is 19.3. The lowest BCUT2D eigenvalue weighted by Crippen LogP contribution is -2.36. The van der Waals surface area contributed by atoms with E-state index < -0.39 is 0 Å². The second-order valence-electron chi connectivity index (χ2n) is 4.26. The minimum atomic E-state index is 0.346. The lowest BCUT2D eigenvalue weighted by atomic mass is 9.78. The fraction of sp³-hybridized carbons (Fsp3) is 0.727. The molecule has 0 aliphatic heterocycles. The summed E-state index contributed by atoms with van der Waals surface area (Å²) in [6.45, 7) is 3.04. The van der Waals surface area contributed by atoms with Gasteiger partial charge in [0.05, 0.1) is 6.20 Å². The van der Waals surface area contributed by atoms with Crippen LogP contribution in [0.1, 0.15) is 31.7 Å². The largest absolute Gasteiger partial charge is 0.327 e. The smallest absolute Gasteiger partial charge is 0.0522 e. The monoisotopic (exact) mass is 193 g/mol. The first kappa shape index (κ1) is 9.71. The van der Waals surface area contributed by atoms with Crippen molar-refractivity contribution in [1.82, 2.24) is 9.78 Å². The van der Waals surface area contributed by atoms with Gasteiger partial charge in [-0.25, -0.2) is 0 Å². The van der Waals surface area contributed by atoms with Crippen LogP contribution in [0, 0.1) is 5.92 Å². The number of nitrogens with zero attached hydrogens (tertiary/aromatic N) is 2. The van der Waals surface area contributed by atoms with Crippen molar-refractivity contribution in [2.24, 2.45) is 11.7 Å². The summed E-state index contributed by atoms with van der Waals surface area (Å²) in [7, 11) is 0. The van der Waals surface area contributed by atoms with Crippen LogP contribution in [0.15, 0.2) is 12.4 Å². The molecule has 0 saturated heterocycles. The summed E-state index contributed by atoms with van der Waals surface area (Å²) in [5.41, 5.74) is 7.41. The molecule has 2 N–H and O–H groups in total. The summed E-state index contributed by atoms with van der Waals surface area (Å²) >= 11 is 0. The van der Waals surface area contributed by atoms with Crippen LogP contribution in [0.5, 0.6) is 0 Å². The van der Waals surface area contributed by atoms with Crippen LogP contribution in [-0.2, 0) is 13.0 Å². The lowest BCUT2D eigenvalue weighted by Gasteiger charge is -2.30. The van der Waals surface area contributed by atoms with Crippen LogP contribution in [-0.4, -0.2) is 15.8 Å². The molecule has 1 aliphatic rings. The van der Waals surface area contributed by atoms with Gasteiger partial charge in [0.1, 0.15) is 0 Å². The van der Waals surface area contributed by atoms with Gasteiger partial charge in [-0.3, -0.25) is 4.68 Å². The molecular weight excluding hydrogens is 174 g/mol. The molecule has 3 nitrogen and oxygen atoms in total. The van der Waals surface area contributed by atoms with Gasteiger partial charge < -0.3 is 5.73 Å². The van der Waals surface area contributed by atoms with Gasteiger partial charge in [-0.2, -0.15) is 5.10 Å². The molecule has 0 amide bonds. The molecule has 1 aromatic rings. The fourth-order valence-electron chi connectivity index (χ4n) is 1.99. The Bertz CT molecular complexity index is 288. The number of hydrogen-bond donors (Lipinski definition) is 1. The average molecular weight is 193 g/mol. The van der Waals surface area contributed by atoms with E-state index in [2.05, 4.69) is 18.2 Å². The summed E-state index contributed by atoms with van der Waals surface area (Å²) in [5.74, 6) is 0.764. The van der Waals surface area contributed by atoms with Gasteiger partial charge >= 0.3 is 0 Å². The van der Waals surface area contributed by atoms with E-state index in [1.165, 1.54) is 24.8 Å². The Hall–Kier alpha value is -0.830. The molecule has 0 aromatic carbocycles. The third-order valence-electron chi connectivity index (χ3n) is 3.24. The number of nitrogens with two attached hydrogens (primary N) is 1. The highest BCUT2D eigenvalue weighted by Crippen LogP contribution is 2.29. The fourth-order valence-corrected chi connectivity index (χ4v) is 1.99. The van der Waals surface area contributed by atoms with E-state index in [0.29, 0.717) is 6.04 Å². The first-order valence-corrected chi connectivity index (χ1v) is 5.56. The summed E-state index contributed by atoms with van der Waals surface area (Å²) in [5, 5.41) is 4.25. The first-order chi connectivity index (χ1) is 6.79. The predicted octanol–water partition coefficient (Wildman–Crippen LogP) is 1.57. The van der Waals surface area contributed by atoms with Crippen LogP contribution in [0.2, 0.25) is 0 Å². The van der Waals surface area contributed by atoms with Crippen molar-refractivity contribution in [3.05, 3.63) is 18.0 Å². The minimum absolute atomic E-state index is 0.346. The van der Waals surface area contributed by atoms with Crippen LogP contribution >= 0.6 is 0 Å². The summed E-state index contributed by atoms with van der Waals surface area (Å²) < 4.78 is 1.96. The van der Waals surface area contributed by atoms with Crippen LogP contribution in [0.25, 0.3) is 0 Å². The van der Waals surface area contributed by atoms with Crippen LogP contribution in [0.3, 0.4) is 0 Å². The van der Waals surface area contributed by atoms with Crippen molar-refractivity contribution in [2.75, 3.05) is 0 Å². The molecular formula is C11H19N3. The van der Waals surface area contributed by atoms with Gasteiger partial charge in [-0.1, -0.05) is 6.42 Å². The molecule has 0 radical (unpaired) electrons. The van der Waals surface area contributed by atoms with Gasteiger partial charge in [0, 0.05) is 18.8 Å². The molecule has 78 valence electrons. The predicted molar refractivity (Wildman–Crippen MR) is 56.9 cm³/mol. The molecule has 14 heavy (non-hydrogen) atoms. The molecule has 1 heterocycles. The summed E-state index contributed by atoms with van der Waals surface area (Å²) in [6, 6.07) is 0.346. The summed E-state index contributed by atoms with van der Waals surface area (Å²) in [4.78, 5) is 0. The Morgan fingerprint density at radius 1 is 1.64 bits per heavy atom. The second-order valence-corrected chi connectivity index (χ2v) is 4.26. The number of hydrogen-bond acceptors (Lipinski definition) is 2. The highest BCUT2D eigenvalue weighted by molar-refractivity contribution is 5.07. The number of aromatic nitrogens is 2. The SMILES string of the molecule is CCn1cc(CC(N)C2CCC2)cn1. The second kappa shape index (κ2) is 4.13. The number of aryl methyl sites for hydroxylation is 1. The van der Waals surface area contributed by atoms with Crippen LogP contribution < -0.4 is 5.73 Å². The van der Waals surface area contributed by atoms with E-state index in [4.69, 9.17) is 5.73 Å². The molecule has 1 unspecified atom stereocenters. The highest BCUT2D eigenvalue weighted by Gasteiger charge is 2.24. The van der Waals surface area contributed by atoms with Crippen molar-refractivity contribution in [3.63, 3.8) is 0 Å². The van der Waals surface area contributed by atoms with Crippen LogP contribution in [0.4, 0.5) is 0 Å². The van der Waals surface area contributed by atoms with E-state index >= 15 is 0 Å². The molecule has 1 atom stereocenters. The van der Waals surface area contributed by atoms with Crippen molar-refractivity contribution in [1.29, 1.82) is 0 Å². The Morgan fingerprint density at radius 2 is 2.43 bits per heavy atom. The van der Waals surface area contributed by atoms with E-state index in [1.54, 1.807) is 0 Å². The third kappa shape index (κ3) is 1.98. The van der Waals surface area contributed by atoms with Gasteiger partial charge in [-0.05, 0) is 37.7 Å². The maximum absolute atomic E-state index is 6.12.